The number of hydrogen-bond acceptors (Lipinski definition) is 4. The minimum absolute atomic E-state index is 0.0858. The van der Waals surface area contributed by atoms with E-state index in [0.29, 0.717) is 5.06 Å². The third-order valence-electron chi connectivity index (χ3n) is 2.34. The van der Waals surface area contributed by atoms with Crippen LogP contribution in [0, 0.1) is 3.57 Å². The molecule has 1 aliphatic heterocycles. The zero-order valence-electron chi connectivity index (χ0n) is 8.98. The largest absolute Gasteiger partial charge is 0.363 e. The molecule has 0 bridgehead atoms. The first-order chi connectivity index (χ1) is 8.49. The molecule has 7 heteroatoms. The maximum atomic E-state index is 11.8. The van der Waals surface area contributed by atoms with Crippen molar-refractivity contribution in [2.45, 2.75) is 12.8 Å². The first-order valence-electron chi connectivity index (χ1n) is 5.02. The maximum Gasteiger partial charge on any atom is 0.363 e. The average Bonchev–Trinajstić information content (AvgIpc) is 2.64. The summed E-state index contributed by atoms with van der Waals surface area (Å²) in [6.45, 7) is 0. The quantitative estimate of drug-likeness (QED) is 0.540. The number of carbonyl (C=O) groups excluding carboxylic acids is 3. The molecule has 1 heterocycles. The molecule has 0 radical (unpaired) electrons. The van der Waals surface area contributed by atoms with Crippen molar-refractivity contribution in [3.8, 4) is 0 Å². The third-order valence-corrected chi connectivity index (χ3v) is 4.67. The Kier molecular flexibility index (Phi) is 4.00. The van der Waals surface area contributed by atoms with Crippen molar-refractivity contribution in [1.29, 1.82) is 0 Å². The molecule has 2 amide bonds. The van der Waals surface area contributed by atoms with Crippen molar-refractivity contribution in [1.82, 2.24) is 5.06 Å². The van der Waals surface area contributed by atoms with Crippen molar-refractivity contribution in [2.75, 3.05) is 0 Å². The van der Waals surface area contributed by atoms with Crippen molar-refractivity contribution in [3.05, 3.63) is 31.8 Å². The predicted molar refractivity (Wildman–Crippen MR) is 73.4 cm³/mol. The van der Waals surface area contributed by atoms with Crippen LogP contribution in [0.2, 0.25) is 0 Å². The Hall–Kier alpha value is -0.960. The van der Waals surface area contributed by atoms with E-state index in [1.54, 1.807) is 18.2 Å². The topological polar surface area (TPSA) is 63.7 Å². The second-order valence-electron chi connectivity index (χ2n) is 3.59. The van der Waals surface area contributed by atoms with Crippen LogP contribution in [0.4, 0.5) is 0 Å². The van der Waals surface area contributed by atoms with Gasteiger partial charge in [-0.05, 0) is 56.7 Å². The molecule has 1 aromatic carbocycles. The lowest BCUT2D eigenvalue weighted by Gasteiger charge is -2.12. The summed E-state index contributed by atoms with van der Waals surface area (Å²) in [6, 6.07) is 4.88. The fraction of sp³-hybridized carbons (Fsp3) is 0.182. The van der Waals surface area contributed by atoms with Gasteiger partial charge in [0.05, 0.1) is 5.56 Å². The smallest absolute Gasteiger partial charge is 0.325 e. The fourth-order valence-electron chi connectivity index (χ4n) is 1.42. The number of rotatable bonds is 2. The third kappa shape index (κ3) is 2.72. The number of imide groups is 1. The summed E-state index contributed by atoms with van der Waals surface area (Å²) in [7, 11) is 0. The number of nitrogens with zero attached hydrogens (tertiary/aromatic N) is 1. The summed E-state index contributed by atoms with van der Waals surface area (Å²) in [4.78, 5) is 39.1. The summed E-state index contributed by atoms with van der Waals surface area (Å²) in [5, 5.41) is 0.536. The van der Waals surface area contributed by atoms with Gasteiger partial charge in [-0.15, -0.1) is 5.06 Å². The van der Waals surface area contributed by atoms with Gasteiger partial charge < -0.3 is 4.84 Å². The second-order valence-corrected chi connectivity index (χ2v) is 5.61. The van der Waals surface area contributed by atoms with E-state index in [9.17, 15) is 14.4 Å². The molecule has 1 fully saturated rings. The first-order valence-corrected chi connectivity index (χ1v) is 6.89. The summed E-state index contributed by atoms with van der Waals surface area (Å²) in [6.07, 6.45) is 0.172. The fourth-order valence-corrected chi connectivity index (χ4v) is 2.13. The molecule has 1 saturated heterocycles. The van der Waals surface area contributed by atoms with Crippen molar-refractivity contribution in [2.24, 2.45) is 0 Å². The number of benzene rings is 1. The highest BCUT2D eigenvalue weighted by atomic mass is 127. The highest BCUT2D eigenvalue weighted by Gasteiger charge is 2.33. The summed E-state index contributed by atoms with van der Waals surface area (Å²) in [5.41, 5.74) is 0.273. The lowest BCUT2D eigenvalue weighted by molar-refractivity contribution is -0.172. The monoisotopic (exact) mass is 423 g/mol. The average molecular weight is 424 g/mol. The Morgan fingerprint density at radius 3 is 2.44 bits per heavy atom. The standard InChI is InChI=1S/C11H7BrINO4/c12-7-5-6(1-2-8(7)13)11(17)18-14-9(15)3-4-10(14)16/h1-2,5H,3-4H2. The first kappa shape index (κ1) is 13.5. The molecule has 0 aromatic heterocycles. The molecule has 0 aliphatic carbocycles. The van der Waals surface area contributed by atoms with Gasteiger partial charge in [-0.1, -0.05) is 0 Å². The van der Waals surface area contributed by atoms with Crippen LogP contribution in [-0.2, 0) is 14.4 Å². The highest BCUT2D eigenvalue weighted by molar-refractivity contribution is 14.1. The molecule has 0 unspecified atom stereocenters. The molecule has 1 aliphatic rings. The summed E-state index contributed by atoms with van der Waals surface area (Å²) >= 11 is 5.39. The maximum absolute atomic E-state index is 11.8. The van der Waals surface area contributed by atoms with Gasteiger partial charge in [-0.25, -0.2) is 4.79 Å². The lowest BCUT2D eigenvalue weighted by Crippen LogP contribution is -2.32. The van der Waals surface area contributed by atoms with E-state index in [1.807, 2.05) is 0 Å². The molecule has 5 nitrogen and oxygen atoms in total. The number of amides is 2. The molecule has 18 heavy (non-hydrogen) atoms. The van der Waals surface area contributed by atoms with Crippen LogP contribution in [0.25, 0.3) is 0 Å². The zero-order valence-corrected chi connectivity index (χ0v) is 12.7. The van der Waals surface area contributed by atoms with Crippen LogP contribution >= 0.6 is 38.5 Å². The van der Waals surface area contributed by atoms with Gasteiger partial charge in [0.2, 0.25) is 0 Å². The van der Waals surface area contributed by atoms with E-state index in [0.717, 1.165) is 8.04 Å². The predicted octanol–water partition coefficient (Wildman–Crippen LogP) is 2.27. The molecule has 0 saturated carbocycles. The minimum Gasteiger partial charge on any atom is -0.325 e. The summed E-state index contributed by atoms with van der Waals surface area (Å²) in [5.74, 6) is -1.70. The van der Waals surface area contributed by atoms with Gasteiger partial charge in [0.25, 0.3) is 11.8 Å². The number of halogens is 2. The van der Waals surface area contributed by atoms with E-state index in [2.05, 4.69) is 38.5 Å². The van der Waals surface area contributed by atoms with Crippen LogP contribution in [0.1, 0.15) is 23.2 Å². The molecular weight excluding hydrogens is 417 g/mol. The highest BCUT2D eigenvalue weighted by Crippen LogP contribution is 2.21. The molecule has 0 spiro atoms. The lowest BCUT2D eigenvalue weighted by atomic mass is 10.2. The molecular formula is C11H7BrINO4. The molecule has 0 N–H and O–H groups in total. The Labute approximate surface area is 125 Å². The Morgan fingerprint density at radius 2 is 1.89 bits per heavy atom. The van der Waals surface area contributed by atoms with Gasteiger partial charge in [-0.2, -0.15) is 0 Å². The van der Waals surface area contributed by atoms with Gasteiger partial charge in [0.1, 0.15) is 0 Å². The van der Waals surface area contributed by atoms with E-state index in [1.165, 1.54) is 0 Å². The van der Waals surface area contributed by atoms with E-state index >= 15 is 0 Å². The minimum atomic E-state index is -0.726. The van der Waals surface area contributed by atoms with Gasteiger partial charge >= 0.3 is 5.97 Å². The molecule has 1 aromatic rings. The summed E-state index contributed by atoms with van der Waals surface area (Å²) < 4.78 is 1.69. The van der Waals surface area contributed by atoms with E-state index in [-0.39, 0.29) is 18.4 Å². The Bertz CT molecular complexity index is 530. The van der Waals surface area contributed by atoms with E-state index in [4.69, 9.17) is 4.84 Å². The second kappa shape index (κ2) is 5.35. The van der Waals surface area contributed by atoms with Crippen LogP contribution in [-0.4, -0.2) is 22.8 Å². The number of hydrogen-bond donors (Lipinski definition) is 0. The van der Waals surface area contributed by atoms with Gasteiger partial charge in [0, 0.05) is 20.9 Å². The van der Waals surface area contributed by atoms with Crippen LogP contribution in [0.5, 0.6) is 0 Å². The van der Waals surface area contributed by atoms with Crippen LogP contribution in [0.3, 0.4) is 0 Å². The van der Waals surface area contributed by atoms with Crippen LogP contribution < -0.4 is 0 Å². The Morgan fingerprint density at radius 1 is 1.28 bits per heavy atom. The van der Waals surface area contributed by atoms with Gasteiger partial charge in [0.15, 0.2) is 0 Å². The SMILES string of the molecule is O=C(ON1C(=O)CCC1=O)c1ccc(I)c(Br)c1. The van der Waals surface area contributed by atoms with Crippen molar-refractivity contribution in [3.63, 3.8) is 0 Å². The van der Waals surface area contributed by atoms with E-state index < -0.39 is 17.8 Å². The number of hydroxylamine groups is 2. The Balaban J connectivity index is 2.14. The van der Waals surface area contributed by atoms with Crippen molar-refractivity contribution >= 4 is 56.3 Å². The zero-order chi connectivity index (χ0) is 13.3. The normalized spacial score (nSPS) is 15.1. The van der Waals surface area contributed by atoms with Crippen LogP contribution in [0.15, 0.2) is 22.7 Å². The molecule has 2 rings (SSSR count). The van der Waals surface area contributed by atoms with Gasteiger partial charge in [-0.3, -0.25) is 9.59 Å². The molecule has 94 valence electrons. The number of carbonyl (C=O) groups is 3. The molecule has 0 atom stereocenters. The van der Waals surface area contributed by atoms with Crippen molar-refractivity contribution < 1.29 is 19.2 Å².